The highest BCUT2D eigenvalue weighted by molar-refractivity contribution is 6.00. The lowest BCUT2D eigenvalue weighted by molar-refractivity contribution is 0.0698. The van der Waals surface area contributed by atoms with Crippen LogP contribution in [0.4, 0.5) is 0 Å². The van der Waals surface area contributed by atoms with Crippen LogP contribution < -0.4 is 0 Å². The minimum Gasteiger partial charge on any atom is -0.339 e. The van der Waals surface area contributed by atoms with Crippen molar-refractivity contribution in [1.29, 1.82) is 0 Å². The van der Waals surface area contributed by atoms with Gasteiger partial charge in [0.1, 0.15) is 5.69 Å². The van der Waals surface area contributed by atoms with Crippen molar-refractivity contribution in [2.24, 2.45) is 5.92 Å². The maximum absolute atomic E-state index is 13.3. The van der Waals surface area contributed by atoms with Crippen LogP contribution in [0.15, 0.2) is 60.8 Å². The van der Waals surface area contributed by atoms with Crippen LogP contribution >= 0.6 is 0 Å². The molecular formula is C23H25N3O. The Morgan fingerprint density at radius 3 is 2.33 bits per heavy atom. The third-order valence-corrected chi connectivity index (χ3v) is 5.36. The first kappa shape index (κ1) is 17.5. The fourth-order valence-corrected chi connectivity index (χ4v) is 3.55. The molecule has 1 aromatic heterocycles. The van der Waals surface area contributed by atoms with Crippen molar-refractivity contribution >= 4 is 5.91 Å². The molecule has 0 aliphatic carbocycles. The van der Waals surface area contributed by atoms with Gasteiger partial charge >= 0.3 is 0 Å². The summed E-state index contributed by atoms with van der Waals surface area (Å²) in [5.41, 5.74) is 4.56. The van der Waals surface area contributed by atoms with Crippen molar-refractivity contribution in [3.05, 3.63) is 71.9 Å². The second-order valence-electron chi connectivity index (χ2n) is 7.51. The molecule has 4 nitrogen and oxygen atoms in total. The Hall–Kier alpha value is -2.88. The van der Waals surface area contributed by atoms with E-state index in [1.807, 2.05) is 58.2 Å². The van der Waals surface area contributed by atoms with E-state index in [4.69, 9.17) is 5.10 Å². The molecule has 2 aromatic carbocycles. The molecule has 1 amide bonds. The third-order valence-electron chi connectivity index (χ3n) is 5.36. The first-order chi connectivity index (χ1) is 13.1. The van der Waals surface area contributed by atoms with Crippen LogP contribution in [0.3, 0.4) is 0 Å². The summed E-state index contributed by atoms with van der Waals surface area (Å²) in [4.78, 5) is 15.3. The Balaban J connectivity index is 1.75. The quantitative estimate of drug-likeness (QED) is 0.679. The molecule has 27 heavy (non-hydrogen) atoms. The summed E-state index contributed by atoms with van der Waals surface area (Å²) in [6.45, 7) is 5.97. The average molecular weight is 359 g/mol. The second kappa shape index (κ2) is 7.39. The smallest absolute Gasteiger partial charge is 0.257 e. The summed E-state index contributed by atoms with van der Waals surface area (Å²) in [6.07, 6.45) is 4.02. The minimum absolute atomic E-state index is 0.0830. The van der Waals surface area contributed by atoms with Gasteiger partial charge in [0.2, 0.25) is 0 Å². The summed E-state index contributed by atoms with van der Waals surface area (Å²) in [5, 5.41) is 4.78. The number of hydrogen-bond acceptors (Lipinski definition) is 2. The van der Waals surface area contributed by atoms with Gasteiger partial charge in [0, 0.05) is 24.8 Å². The van der Waals surface area contributed by atoms with Crippen molar-refractivity contribution in [2.45, 2.75) is 26.7 Å². The van der Waals surface area contributed by atoms with Gasteiger partial charge in [-0.15, -0.1) is 0 Å². The molecule has 0 saturated carbocycles. The zero-order valence-electron chi connectivity index (χ0n) is 15.9. The first-order valence-corrected chi connectivity index (χ1v) is 9.63. The van der Waals surface area contributed by atoms with E-state index in [1.165, 1.54) is 5.56 Å². The molecule has 1 aliphatic rings. The van der Waals surface area contributed by atoms with E-state index >= 15 is 0 Å². The molecule has 2 heterocycles. The molecule has 0 spiro atoms. The number of para-hydroxylation sites is 1. The molecule has 0 radical (unpaired) electrons. The topological polar surface area (TPSA) is 38.1 Å². The lowest BCUT2D eigenvalue weighted by atomic mass is 9.98. The Kier molecular flexibility index (Phi) is 4.80. The van der Waals surface area contributed by atoms with Gasteiger partial charge in [-0.25, -0.2) is 4.68 Å². The van der Waals surface area contributed by atoms with E-state index in [9.17, 15) is 4.79 Å². The third kappa shape index (κ3) is 3.65. The number of piperidine rings is 1. The molecule has 0 atom stereocenters. The molecular weight excluding hydrogens is 334 g/mol. The Morgan fingerprint density at radius 1 is 1.00 bits per heavy atom. The van der Waals surface area contributed by atoms with Crippen LogP contribution in [-0.4, -0.2) is 33.7 Å². The van der Waals surface area contributed by atoms with Gasteiger partial charge in [0.15, 0.2) is 0 Å². The van der Waals surface area contributed by atoms with Gasteiger partial charge in [-0.2, -0.15) is 5.10 Å². The average Bonchev–Trinajstić information content (AvgIpc) is 3.15. The van der Waals surface area contributed by atoms with Crippen LogP contribution in [0.1, 0.15) is 35.7 Å². The number of carbonyl (C=O) groups is 1. The molecule has 0 bridgehead atoms. The molecule has 1 aliphatic heterocycles. The van der Waals surface area contributed by atoms with Gasteiger partial charge in [-0.1, -0.05) is 55.0 Å². The Labute approximate surface area is 160 Å². The number of likely N-dealkylation sites (tertiary alicyclic amines) is 1. The first-order valence-electron chi connectivity index (χ1n) is 9.63. The highest BCUT2D eigenvalue weighted by atomic mass is 16.2. The highest BCUT2D eigenvalue weighted by Gasteiger charge is 2.26. The van der Waals surface area contributed by atoms with Crippen molar-refractivity contribution in [3.63, 3.8) is 0 Å². The largest absolute Gasteiger partial charge is 0.339 e. The number of rotatable bonds is 3. The van der Waals surface area contributed by atoms with Gasteiger partial charge in [-0.3, -0.25) is 4.79 Å². The van der Waals surface area contributed by atoms with Crippen LogP contribution in [0.2, 0.25) is 0 Å². The van der Waals surface area contributed by atoms with Crippen LogP contribution in [-0.2, 0) is 0 Å². The lowest BCUT2D eigenvalue weighted by Gasteiger charge is -2.30. The Bertz CT molecular complexity index is 920. The van der Waals surface area contributed by atoms with Gasteiger partial charge in [0.05, 0.1) is 11.3 Å². The van der Waals surface area contributed by atoms with Gasteiger partial charge < -0.3 is 4.90 Å². The fourth-order valence-electron chi connectivity index (χ4n) is 3.55. The SMILES string of the molecule is Cc1ccc(-c2nn(-c3ccccc3)cc2C(=O)N2CCC(C)CC2)cc1. The van der Waals surface area contributed by atoms with Crippen molar-refractivity contribution < 1.29 is 4.79 Å². The summed E-state index contributed by atoms with van der Waals surface area (Å²) >= 11 is 0. The number of nitrogens with zero attached hydrogens (tertiary/aromatic N) is 3. The molecule has 3 aromatic rings. The predicted molar refractivity (Wildman–Crippen MR) is 108 cm³/mol. The maximum atomic E-state index is 13.3. The highest BCUT2D eigenvalue weighted by Crippen LogP contribution is 2.27. The molecule has 138 valence electrons. The minimum atomic E-state index is 0.0830. The van der Waals surface area contributed by atoms with Crippen molar-refractivity contribution in [2.75, 3.05) is 13.1 Å². The molecule has 1 fully saturated rings. The van der Waals surface area contributed by atoms with Gasteiger partial charge in [0.25, 0.3) is 5.91 Å². The van der Waals surface area contributed by atoms with Crippen LogP contribution in [0.5, 0.6) is 0 Å². The van der Waals surface area contributed by atoms with Gasteiger partial charge in [-0.05, 0) is 37.8 Å². The number of aryl methyl sites for hydroxylation is 1. The van der Waals surface area contributed by atoms with E-state index in [1.54, 1.807) is 0 Å². The predicted octanol–water partition coefficient (Wildman–Crippen LogP) is 4.72. The maximum Gasteiger partial charge on any atom is 0.257 e. The van der Waals surface area contributed by atoms with Crippen molar-refractivity contribution in [1.82, 2.24) is 14.7 Å². The monoisotopic (exact) mass is 359 g/mol. The van der Waals surface area contributed by atoms with Crippen LogP contribution in [0.25, 0.3) is 16.9 Å². The molecule has 4 heteroatoms. The zero-order chi connectivity index (χ0) is 18.8. The number of benzene rings is 2. The second-order valence-corrected chi connectivity index (χ2v) is 7.51. The van der Waals surface area contributed by atoms with E-state index in [0.29, 0.717) is 11.5 Å². The Morgan fingerprint density at radius 2 is 1.67 bits per heavy atom. The number of aromatic nitrogens is 2. The van der Waals surface area contributed by atoms with E-state index < -0.39 is 0 Å². The standard InChI is InChI=1S/C23H25N3O/c1-17-8-10-19(11-9-17)22-21(23(27)25-14-12-18(2)13-15-25)16-26(24-22)20-6-4-3-5-7-20/h3-11,16,18H,12-15H2,1-2H3. The number of carbonyl (C=O) groups excluding carboxylic acids is 1. The zero-order valence-corrected chi connectivity index (χ0v) is 15.9. The normalized spacial score (nSPS) is 15.1. The summed E-state index contributed by atoms with van der Waals surface area (Å²) in [6, 6.07) is 18.2. The summed E-state index contributed by atoms with van der Waals surface area (Å²) < 4.78 is 1.81. The fraction of sp³-hybridized carbons (Fsp3) is 0.304. The molecule has 0 unspecified atom stereocenters. The molecule has 0 N–H and O–H groups in total. The lowest BCUT2D eigenvalue weighted by Crippen LogP contribution is -2.38. The van der Waals surface area contributed by atoms with E-state index in [2.05, 4.69) is 26.0 Å². The summed E-state index contributed by atoms with van der Waals surface area (Å²) in [7, 11) is 0. The van der Waals surface area contributed by atoms with E-state index in [-0.39, 0.29) is 5.91 Å². The summed E-state index contributed by atoms with van der Waals surface area (Å²) in [5.74, 6) is 0.775. The number of amides is 1. The van der Waals surface area contributed by atoms with Crippen LogP contribution in [0, 0.1) is 12.8 Å². The van der Waals surface area contributed by atoms with E-state index in [0.717, 1.165) is 42.9 Å². The molecule has 1 saturated heterocycles. The molecule has 4 rings (SSSR count). The number of hydrogen-bond donors (Lipinski definition) is 0. The van der Waals surface area contributed by atoms with Crippen molar-refractivity contribution in [3.8, 4) is 16.9 Å².